The van der Waals surface area contributed by atoms with E-state index in [1.807, 2.05) is 0 Å². The molecule has 3 aromatic rings. The van der Waals surface area contributed by atoms with Gasteiger partial charge in [0.2, 0.25) is 5.95 Å². The average Bonchev–Trinajstić information content (AvgIpc) is 3.41. The third-order valence-corrected chi connectivity index (χ3v) is 8.37. The van der Waals surface area contributed by atoms with Crippen LogP contribution in [-0.4, -0.2) is 60.2 Å². The van der Waals surface area contributed by atoms with Crippen molar-refractivity contribution < 1.29 is 45.9 Å². The van der Waals surface area contributed by atoms with Gasteiger partial charge in [-0.05, 0) is 93.4 Å². The molecule has 242 valence electrons. The standard InChI is InChI=1S/C31H36BF4N3O6/c1-29(2)30(3,4)45-32(44-29)23(18-31(34,35)36)26(19-8-11-21(12-9-19)41-15-16-43-28(37)40)20-10-13-24-22(17-20)27(33)38-39(24)25-7-5-6-14-42-25/h8-13,17,25H,5-7,14-16,18H2,1-4H3,(H2,37,40)/b26-23+. The molecule has 2 aromatic carbocycles. The highest BCUT2D eigenvalue weighted by molar-refractivity contribution is 6.56. The molecule has 2 saturated heterocycles. The minimum absolute atomic E-state index is 0.0167. The molecule has 2 N–H and O–H groups in total. The summed E-state index contributed by atoms with van der Waals surface area (Å²) >= 11 is 0. The van der Waals surface area contributed by atoms with E-state index in [2.05, 4.69) is 9.84 Å². The highest BCUT2D eigenvalue weighted by atomic mass is 19.4. The van der Waals surface area contributed by atoms with Crippen LogP contribution >= 0.6 is 0 Å². The summed E-state index contributed by atoms with van der Waals surface area (Å²) in [6, 6.07) is 11.1. The Morgan fingerprint density at radius 3 is 2.31 bits per heavy atom. The van der Waals surface area contributed by atoms with Crippen LogP contribution in [0.25, 0.3) is 16.5 Å². The lowest BCUT2D eigenvalue weighted by atomic mass is 9.70. The molecule has 9 nitrogen and oxygen atoms in total. The molecule has 0 saturated carbocycles. The Balaban J connectivity index is 1.63. The molecule has 0 bridgehead atoms. The Hall–Kier alpha value is -3.62. The summed E-state index contributed by atoms with van der Waals surface area (Å²) in [5, 5.41) is 4.24. The summed E-state index contributed by atoms with van der Waals surface area (Å²) in [6.45, 7) is 7.51. The highest BCUT2D eigenvalue weighted by Gasteiger charge is 2.54. The van der Waals surface area contributed by atoms with Crippen LogP contribution in [0.1, 0.15) is 70.7 Å². The monoisotopic (exact) mass is 633 g/mol. The van der Waals surface area contributed by atoms with E-state index in [-0.39, 0.29) is 29.6 Å². The molecule has 2 fully saturated rings. The highest BCUT2D eigenvalue weighted by Crippen LogP contribution is 2.44. The molecule has 45 heavy (non-hydrogen) atoms. The van der Waals surface area contributed by atoms with Gasteiger partial charge in [0.15, 0.2) is 6.23 Å². The Bertz CT molecular complexity index is 1550. The normalized spacial score (nSPS) is 20.3. The molecular weight excluding hydrogens is 597 g/mol. The van der Waals surface area contributed by atoms with Crippen molar-refractivity contribution in [2.45, 2.75) is 77.0 Å². The number of ether oxygens (including phenoxy) is 3. The number of alkyl halides is 3. The number of halogens is 4. The largest absolute Gasteiger partial charge is 0.491 e. The molecule has 0 spiro atoms. The van der Waals surface area contributed by atoms with E-state index in [1.165, 1.54) is 10.7 Å². The summed E-state index contributed by atoms with van der Waals surface area (Å²) in [7, 11) is -1.34. The van der Waals surface area contributed by atoms with Crippen molar-refractivity contribution in [3.8, 4) is 5.75 Å². The number of aromatic nitrogens is 2. The molecule has 1 atom stereocenters. The average molecular weight is 633 g/mol. The number of carbonyl (C=O) groups is 1. The number of rotatable bonds is 9. The van der Waals surface area contributed by atoms with Crippen molar-refractivity contribution in [1.29, 1.82) is 0 Å². The number of nitrogens with two attached hydrogens (primary N) is 1. The predicted octanol–water partition coefficient (Wildman–Crippen LogP) is 6.73. The van der Waals surface area contributed by atoms with Crippen molar-refractivity contribution >= 4 is 29.7 Å². The zero-order chi connectivity index (χ0) is 32.6. The first kappa shape index (κ1) is 32.8. The van der Waals surface area contributed by atoms with Gasteiger partial charge in [-0.1, -0.05) is 18.2 Å². The molecule has 3 heterocycles. The molecule has 0 aliphatic carbocycles. The van der Waals surface area contributed by atoms with Crippen LogP contribution in [0.3, 0.4) is 0 Å². The fourth-order valence-electron chi connectivity index (χ4n) is 5.44. The molecular formula is C31H36BF4N3O6. The van der Waals surface area contributed by atoms with Gasteiger partial charge < -0.3 is 29.3 Å². The van der Waals surface area contributed by atoms with Crippen molar-refractivity contribution in [2.75, 3.05) is 19.8 Å². The van der Waals surface area contributed by atoms with E-state index in [9.17, 15) is 18.0 Å². The SMILES string of the molecule is CC1(C)OB(/C(CC(F)(F)F)=C(\c2ccc(OCCOC(N)=O)cc2)c2ccc3c(c2)c(F)nn3C2CCCCO2)OC1(C)C. The summed E-state index contributed by atoms with van der Waals surface area (Å²) in [5.41, 5.74) is 4.34. The lowest BCUT2D eigenvalue weighted by molar-refractivity contribution is -0.126. The van der Waals surface area contributed by atoms with E-state index in [0.29, 0.717) is 35.4 Å². The van der Waals surface area contributed by atoms with E-state index >= 15 is 4.39 Å². The van der Waals surface area contributed by atoms with Gasteiger partial charge >= 0.3 is 19.4 Å². The van der Waals surface area contributed by atoms with Crippen LogP contribution in [0.2, 0.25) is 0 Å². The van der Waals surface area contributed by atoms with Crippen molar-refractivity contribution in [3.05, 3.63) is 65.0 Å². The van der Waals surface area contributed by atoms with Gasteiger partial charge in [-0.15, -0.1) is 5.10 Å². The molecule has 14 heteroatoms. The van der Waals surface area contributed by atoms with E-state index in [4.69, 9.17) is 24.5 Å². The minimum Gasteiger partial charge on any atom is -0.490 e. The molecule has 1 aromatic heterocycles. The summed E-state index contributed by atoms with van der Waals surface area (Å²) < 4.78 is 87.9. The lowest BCUT2D eigenvalue weighted by Crippen LogP contribution is -2.41. The van der Waals surface area contributed by atoms with Gasteiger partial charge in [0.1, 0.15) is 19.0 Å². The fourth-order valence-corrected chi connectivity index (χ4v) is 5.44. The number of hydrogen-bond donors (Lipinski definition) is 1. The van der Waals surface area contributed by atoms with Crippen LogP contribution in [0.15, 0.2) is 47.9 Å². The molecule has 2 aliphatic heterocycles. The Kier molecular flexibility index (Phi) is 9.21. The number of amides is 1. The van der Waals surface area contributed by atoms with Gasteiger partial charge in [0.05, 0.1) is 28.5 Å². The van der Waals surface area contributed by atoms with Gasteiger partial charge in [-0.2, -0.15) is 17.6 Å². The first-order valence-corrected chi connectivity index (χ1v) is 14.8. The molecule has 2 aliphatic rings. The second-order valence-electron chi connectivity index (χ2n) is 12.1. The first-order valence-electron chi connectivity index (χ1n) is 14.8. The van der Waals surface area contributed by atoms with E-state index in [0.717, 1.165) is 12.8 Å². The third kappa shape index (κ3) is 7.28. The third-order valence-electron chi connectivity index (χ3n) is 8.37. The number of primary amides is 1. The molecule has 1 amide bonds. The Morgan fingerprint density at radius 1 is 1.04 bits per heavy atom. The van der Waals surface area contributed by atoms with Gasteiger partial charge in [-0.3, -0.25) is 0 Å². The number of allylic oxidation sites excluding steroid dienone is 1. The molecule has 5 rings (SSSR count). The fraction of sp³-hybridized carbons (Fsp3) is 0.484. The Labute approximate surface area is 258 Å². The van der Waals surface area contributed by atoms with E-state index < -0.39 is 49.2 Å². The van der Waals surface area contributed by atoms with Crippen molar-refractivity contribution in [2.24, 2.45) is 5.73 Å². The molecule has 0 radical (unpaired) electrons. The number of nitrogens with zero attached hydrogens (tertiary/aromatic N) is 2. The number of benzene rings is 2. The van der Waals surface area contributed by atoms with Crippen LogP contribution in [0.5, 0.6) is 5.75 Å². The maximum Gasteiger partial charge on any atom is 0.491 e. The van der Waals surface area contributed by atoms with Crippen molar-refractivity contribution in [3.63, 3.8) is 0 Å². The summed E-state index contributed by atoms with van der Waals surface area (Å²) in [5.74, 6) is -0.371. The van der Waals surface area contributed by atoms with Crippen LogP contribution in [0.4, 0.5) is 22.4 Å². The van der Waals surface area contributed by atoms with Crippen LogP contribution in [-0.2, 0) is 18.8 Å². The maximum atomic E-state index is 15.3. The number of fused-ring (bicyclic) bond motifs is 1. The number of hydrogen-bond acceptors (Lipinski definition) is 7. The van der Waals surface area contributed by atoms with Gasteiger partial charge in [-0.25, -0.2) is 9.48 Å². The zero-order valence-electron chi connectivity index (χ0n) is 25.6. The Morgan fingerprint density at radius 2 is 1.71 bits per heavy atom. The quantitative estimate of drug-likeness (QED) is 0.158. The van der Waals surface area contributed by atoms with Crippen LogP contribution in [0, 0.1) is 5.95 Å². The smallest absolute Gasteiger partial charge is 0.490 e. The topological polar surface area (TPSA) is 107 Å². The van der Waals surface area contributed by atoms with Gasteiger partial charge in [0.25, 0.3) is 0 Å². The maximum absolute atomic E-state index is 15.3. The zero-order valence-corrected chi connectivity index (χ0v) is 25.6. The lowest BCUT2D eigenvalue weighted by Gasteiger charge is -2.32. The summed E-state index contributed by atoms with van der Waals surface area (Å²) in [4.78, 5) is 10.8. The minimum atomic E-state index is -4.62. The molecule has 1 unspecified atom stereocenters. The van der Waals surface area contributed by atoms with Crippen molar-refractivity contribution in [1.82, 2.24) is 9.78 Å². The summed E-state index contributed by atoms with van der Waals surface area (Å²) in [6.07, 6.45) is -4.84. The van der Waals surface area contributed by atoms with E-state index in [1.54, 1.807) is 64.1 Å². The first-order chi connectivity index (χ1) is 21.1. The van der Waals surface area contributed by atoms with Gasteiger partial charge in [0, 0.05) is 6.61 Å². The second-order valence-corrected chi connectivity index (χ2v) is 12.1. The number of carbonyl (C=O) groups excluding carboxylic acids is 1. The second kappa shape index (κ2) is 12.6. The van der Waals surface area contributed by atoms with Crippen LogP contribution < -0.4 is 10.5 Å². The predicted molar refractivity (Wildman–Crippen MR) is 159 cm³/mol.